The van der Waals surface area contributed by atoms with E-state index in [1.165, 1.54) is 0 Å². The van der Waals surface area contributed by atoms with Gasteiger partial charge in [-0.3, -0.25) is 0 Å². The van der Waals surface area contributed by atoms with Gasteiger partial charge in [0.25, 0.3) is 0 Å². The quantitative estimate of drug-likeness (QED) is 0.714. The van der Waals surface area contributed by atoms with E-state index < -0.39 is 0 Å². The highest BCUT2D eigenvalue weighted by Crippen LogP contribution is 2.14. The van der Waals surface area contributed by atoms with Gasteiger partial charge in [-0.25, -0.2) is 0 Å². The van der Waals surface area contributed by atoms with Crippen molar-refractivity contribution in [2.45, 2.75) is 6.92 Å². The molecule has 1 aromatic carbocycles. The monoisotopic (exact) mass is 177 g/mol. The van der Waals surface area contributed by atoms with Gasteiger partial charge in [0, 0.05) is 12.7 Å². The predicted octanol–water partition coefficient (Wildman–Crippen LogP) is 2.68. The Morgan fingerprint density at radius 3 is 2.54 bits per heavy atom. The summed E-state index contributed by atoms with van der Waals surface area (Å²) in [5.41, 5.74) is 1.10. The van der Waals surface area contributed by atoms with Crippen LogP contribution in [0.15, 0.2) is 36.4 Å². The Hall–Kier alpha value is -1.44. The van der Waals surface area contributed by atoms with Crippen LogP contribution in [0.5, 0.6) is 5.75 Å². The van der Waals surface area contributed by atoms with Crippen LogP contribution in [0.3, 0.4) is 0 Å². The summed E-state index contributed by atoms with van der Waals surface area (Å²) in [5, 5.41) is 3.05. The molecular weight excluding hydrogens is 162 g/mol. The lowest BCUT2D eigenvalue weighted by Crippen LogP contribution is -1.93. The summed E-state index contributed by atoms with van der Waals surface area (Å²) in [4.78, 5) is 0. The van der Waals surface area contributed by atoms with Crippen molar-refractivity contribution >= 4 is 5.69 Å². The average molecular weight is 177 g/mol. The molecule has 13 heavy (non-hydrogen) atoms. The molecule has 0 spiro atoms. The zero-order valence-electron chi connectivity index (χ0n) is 8.08. The van der Waals surface area contributed by atoms with Gasteiger partial charge < -0.3 is 10.1 Å². The highest BCUT2D eigenvalue weighted by Gasteiger charge is 1.91. The summed E-state index contributed by atoms with van der Waals surface area (Å²) < 4.78 is 5.43. The lowest BCUT2D eigenvalue weighted by molar-refractivity contribution is 0.363. The molecule has 0 aliphatic heterocycles. The second kappa shape index (κ2) is 5.25. The van der Waals surface area contributed by atoms with Crippen molar-refractivity contribution in [3.63, 3.8) is 0 Å². The summed E-state index contributed by atoms with van der Waals surface area (Å²) in [6.45, 7) is 2.61. The number of anilines is 1. The Labute approximate surface area is 79.2 Å². The van der Waals surface area contributed by atoms with Crippen LogP contribution in [0, 0.1) is 0 Å². The molecule has 0 amide bonds. The predicted molar refractivity (Wildman–Crippen MR) is 56.3 cm³/mol. The highest BCUT2D eigenvalue weighted by atomic mass is 16.5. The molecule has 70 valence electrons. The van der Waals surface area contributed by atoms with E-state index in [4.69, 9.17) is 4.74 Å². The summed E-state index contributed by atoms with van der Waals surface area (Å²) >= 11 is 0. The number of hydrogen-bond acceptors (Lipinski definition) is 2. The standard InChI is InChI=1S/C11H15NO/c1-3-4-9-13-11-7-5-10(12-2)6-8-11/h3-8,12H,9H2,1-2H3/b4-3+. The van der Waals surface area contributed by atoms with Crippen molar-refractivity contribution in [1.29, 1.82) is 0 Å². The lowest BCUT2D eigenvalue weighted by atomic mass is 10.3. The topological polar surface area (TPSA) is 21.3 Å². The fourth-order valence-electron chi connectivity index (χ4n) is 0.958. The molecule has 0 bridgehead atoms. The highest BCUT2D eigenvalue weighted by molar-refractivity contribution is 5.45. The average Bonchev–Trinajstić information content (AvgIpc) is 2.19. The smallest absolute Gasteiger partial charge is 0.119 e. The number of benzene rings is 1. The maximum absolute atomic E-state index is 5.43. The molecule has 0 heterocycles. The van der Waals surface area contributed by atoms with E-state index in [0.29, 0.717) is 6.61 Å². The van der Waals surface area contributed by atoms with Gasteiger partial charge >= 0.3 is 0 Å². The number of nitrogens with one attached hydrogen (secondary N) is 1. The van der Waals surface area contributed by atoms with E-state index in [1.54, 1.807) is 0 Å². The maximum atomic E-state index is 5.43. The molecule has 2 nitrogen and oxygen atoms in total. The van der Waals surface area contributed by atoms with Crippen molar-refractivity contribution in [2.75, 3.05) is 19.0 Å². The first-order valence-corrected chi connectivity index (χ1v) is 4.38. The van der Waals surface area contributed by atoms with Gasteiger partial charge in [-0.15, -0.1) is 0 Å². The Bertz CT molecular complexity index is 264. The van der Waals surface area contributed by atoms with Crippen LogP contribution in [0.25, 0.3) is 0 Å². The van der Waals surface area contributed by atoms with E-state index in [0.717, 1.165) is 11.4 Å². The minimum atomic E-state index is 0.634. The van der Waals surface area contributed by atoms with Crippen molar-refractivity contribution in [3.05, 3.63) is 36.4 Å². The second-order valence-electron chi connectivity index (χ2n) is 2.65. The molecule has 1 rings (SSSR count). The van der Waals surface area contributed by atoms with Gasteiger partial charge in [-0.05, 0) is 31.2 Å². The first-order valence-electron chi connectivity index (χ1n) is 4.38. The van der Waals surface area contributed by atoms with E-state index in [-0.39, 0.29) is 0 Å². The third-order valence-electron chi connectivity index (χ3n) is 1.72. The minimum Gasteiger partial charge on any atom is -0.490 e. The molecule has 1 aromatic rings. The summed E-state index contributed by atoms with van der Waals surface area (Å²) in [5.74, 6) is 0.900. The molecule has 0 aromatic heterocycles. The van der Waals surface area contributed by atoms with Crippen molar-refractivity contribution < 1.29 is 4.74 Å². The van der Waals surface area contributed by atoms with Crippen LogP contribution in [0.4, 0.5) is 5.69 Å². The molecule has 0 fully saturated rings. The fourth-order valence-corrected chi connectivity index (χ4v) is 0.958. The first kappa shape index (κ1) is 9.65. The molecule has 0 saturated carbocycles. The van der Waals surface area contributed by atoms with Crippen LogP contribution < -0.4 is 10.1 Å². The molecule has 0 atom stereocenters. The zero-order chi connectivity index (χ0) is 9.52. The van der Waals surface area contributed by atoms with Crippen molar-refractivity contribution in [2.24, 2.45) is 0 Å². The molecule has 0 aliphatic carbocycles. The number of allylic oxidation sites excluding steroid dienone is 1. The van der Waals surface area contributed by atoms with Crippen LogP contribution >= 0.6 is 0 Å². The van der Waals surface area contributed by atoms with E-state index in [9.17, 15) is 0 Å². The Kier molecular flexibility index (Phi) is 3.89. The van der Waals surface area contributed by atoms with Crippen LogP contribution in [-0.2, 0) is 0 Å². The lowest BCUT2D eigenvalue weighted by Gasteiger charge is -2.04. The Morgan fingerprint density at radius 2 is 2.00 bits per heavy atom. The molecule has 0 unspecified atom stereocenters. The second-order valence-corrected chi connectivity index (χ2v) is 2.65. The van der Waals surface area contributed by atoms with Crippen LogP contribution in [0.2, 0.25) is 0 Å². The van der Waals surface area contributed by atoms with Gasteiger partial charge in [-0.1, -0.05) is 12.2 Å². The fraction of sp³-hybridized carbons (Fsp3) is 0.273. The molecule has 0 aliphatic rings. The Morgan fingerprint density at radius 1 is 1.31 bits per heavy atom. The summed E-state index contributed by atoms with van der Waals surface area (Å²) in [6.07, 6.45) is 3.95. The minimum absolute atomic E-state index is 0.634. The summed E-state index contributed by atoms with van der Waals surface area (Å²) in [7, 11) is 1.90. The van der Waals surface area contributed by atoms with E-state index in [2.05, 4.69) is 5.32 Å². The molecule has 2 heteroatoms. The largest absolute Gasteiger partial charge is 0.490 e. The van der Waals surface area contributed by atoms with Crippen LogP contribution in [0.1, 0.15) is 6.92 Å². The van der Waals surface area contributed by atoms with Gasteiger partial charge in [0.2, 0.25) is 0 Å². The summed E-state index contributed by atoms with van der Waals surface area (Å²) in [6, 6.07) is 7.89. The normalized spacial score (nSPS) is 10.3. The number of hydrogen-bond donors (Lipinski definition) is 1. The van der Waals surface area contributed by atoms with Gasteiger partial charge in [0.15, 0.2) is 0 Å². The van der Waals surface area contributed by atoms with Gasteiger partial charge in [0.1, 0.15) is 12.4 Å². The number of ether oxygens (including phenoxy) is 1. The third kappa shape index (κ3) is 3.20. The third-order valence-corrected chi connectivity index (χ3v) is 1.72. The Balaban J connectivity index is 2.49. The number of rotatable bonds is 4. The van der Waals surface area contributed by atoms with Gasteiger partial charge in [-0.2, -0.15) is 0 Å². The van der Waals surface area contributed by atoms with Crippen molar-refractivity contribution in [1.82, 2.24) is 0 Å². The van der Waals surface area contributed by atoms with E-state index >= 15 is 0 Å². The molecule has 1 N–H and O–H groups in total. The molecule has 0 radical (unpaired) electrons. The zero-order valence-corrected chi connectivity index (χ0v) is 8.08. The van der Waals surface area contributed by atoms with Crippen molar-refractivity contribution in [3.8, 4) is 5.75 Å². The van der Waals surface area contributed by atoms with Gasteiger partial charge in [0.05, 0.1) is 0 Å². The maximum Gasteiger partial charge on any atom is 0.119 e. The molecule has 0 saturated heterocycles. The van der Waals surface area contributed by atoms with Crippen LogP contribution in [-0.4, -0.2) is 13.7 Å². The SMILES string of the molecule is C/C=C/COc1ccc(NC)cc1. The van der Waals surface area contributed by atoms with E-state index in [1.807, 2.05) is 50.4 Å². The first-order chi connectivity index (χ1) is 6.36. The molecular formula is C11H15NO.